The van der Waals surface area contributed by atoms with Crippen LogP contribution in [0, 0.1) is 25.6 Å². The van der Waals surface area contributed by atoms with E-state index in [2.05, 4.69) is 10.6 Å². The van der Waals surface area contributed by atoms with Gasteiger partial charge in [0.1, 0.15) is 5.82 Å². The van der Waals surface area contributed by atoms with Crippen LogP contribution >= 0.6 is 0 Å². The van der Waals surface area contributed by atoms with Crippen molar-refractivity contribution in [3.05, 3.63) is 100 Å². The molecule has 1 aliphatic heterocycles. The second-order valence-electron chi connectivity index (χ2n) is 9.35. The maximum absolute atomic E-state index is 13.1. The number of hydrogen-bond donors (Lipinski definition) is 2. The summed E-state index contributed by atoms with van der Waals surface area (Å²) in [7, 11) is 0. The van der Waals surface area contributed by atoms with E-state index in [1.807, 2.05) is 38.1 Å². The summed E-state index contributed by atoms with van der Waals surface area (Å²) in [6.45, 7) is 5.29. The fraction of sp³-hybridized carbons (Fsp3) is 0.276. The first-order valence-corrected chi connectivity index (χ1v) is 12.1. The van der Waals surface area contributed by atoms with E-state index in [1.165, 1.54) is 24.3 Å². The van der Waals surface area contributed by atoms with Crippen molar-refractivity contribution in [2.45, 2.75) is 33.2 Å². The number of aryl methyl sites for hydroxylation is 2. The standard InChI is InChI=1S/C29H30FN3O3/c1-19-13-20(2)15-24(14-19)29(36)33-12-4-6-23(18-33)27(34)31-17-21-5-3-7-26(16-21)32-28(35)22-8-10-25(30)11-9-22/h3,5,7-11,13-16,23H,4,6,12,17-18H2,1-2H3,(H,31,34)(H,32,35). The molecule has 1 fully saturated rings. The average Bonchev–Trinajstić information content (AvgIpc) is 2.87. The summed E-state index contributed by atoms with van der Waals surface area (Å²) in [6.07, 6.45) is 1.51. The zero-order chi connectivity index (χ0) is 25.7. The molecule has 7 heteroatoms. The Labute approximate surface area is 210 Å². The van der Waals surface area contributed by atoms with Crippen LogP contribution in [0.3, 0.4) is 0 Å². The molecule has 0 aliphatic carbocycles. The van der Waals surface area contributed by atoms with E-state index in [0.29, 0.717) is 36.4 Å². The number of carbonyl (C=O) groups is 3. The Morgan fingerprint density at radius 2 is 1.67 bits per heavy atom. The molecule has 0 bridgehead atoms. The van der Waals surface area contributed by atoms with Crippen molar-refractivity contribution in [1.29, 1.82) is 0 Å². The molecule has 3 amide bonds. The molecule has 6 nitrogen and oxygen atoms in total. The maximum Gasteiger partial charge on any atom is 0.255 e. The minimum Gasteiger partial charge on any atom is -0.352 e. The number of hydrogen-bond acceptors (Lipinski definition) is 3. The minimum atomic E-state index is -0.403. The van der Waals surface area contributed by atoms with Gasteiger partial charge in [0.15, 0.2) is 0 Å². The van der Waals surface area contributed by atoms with Gasteiger partial charge in [0, 0.05) is 36.4 Å². The summed E-state index contributed by atoms with van der Waals surface area (Å²) in [6, 6.07) is 18.3. The van der Waals surface area contributed by atoms with Gasteiger partial charge in [0.25, 0.3) is 11.8 Å². The van der Waals surface area contributed by atoms with E-state index in [-0.39, 0.29) is 23.6 Å². The normalized spacial score (nSPS) is 15.3. The Kier molecular flexibility index (Phi) is 7.78. The highest BCUT2D eigenvalue weighted by Crippen LogP contribution is 2.21. The first-order valence-electron chi connectivity index (χ1n) is 12.1. The Morgan fingerprint density at radius 3 is 2.39 bits per heavy atom. The third kappa shape index (κ3) is 6.36. The molecule has 1 atom stereocenters. The molecule has 3 aromatic carbocycles. The van der Waals surface area contributed by atoms with Crippen molar-refractivity contribution in [2.24, 2.45) is 5.92 Å². The number of carbonyl (C=O) groups excluding carboxylic acids is 3. The third-order valence-corrected chi connectivity index (χ3v) is 6.31. The van der Waals surface area contributed by atoms with E-state index in [0.717, 1.165) is 29.5 Å². The van der Waals surface area contributed by atoms with Gasteiger partial charge in [0.2, 0.25) is 5.91 Å². The molecule has 3 aromatic rings. The maximum atomic E-state index is 13.1. The second-order valence-corrected chi connectivity index (χ2v) is 9.35. The molecule has 2 N–H and O–H groups in total. The lowest BCUT2D eigenvalue weighted by atomic mass is 9.96. The molecule has 186 valence electrons. The van der Waals surface area contributed by atoms with Gasteiger partial charge < -0.3 is 15.5 Å². The highest BCUT2D eigenvalue weighted by molar-refractivity contribution is 6.04. The smallest absolute Gasteiger partial charge is 0.255 e. The summed E-state index contributed by atoms with van der Waals surface area (Å²) in [5.41, 5.74) is 4.51. The highest BCUT2D eigenvalue weighted by atomic mass is 19.1. The van der Waals surface area contributed by atoms with E-state index >= 15 is 0 Å². The number of anilines is 1. The number of piperidine rings is 1. The summed E-state index contributed by atoms with van der Waals surface area (Å²) >= 11 is 0. The molecule has 4 rings (SSSR count). The molecule has 1 heterocycles. The lowest BCUT2D eigenvalue weighted by Crippen LogP contribution is -2.45. The van der Waals surface area contributed by atoms with Crippen LogP contribution in [0.4, 0.5) is 10.1 Å². The van der Waals surface area contributed by atoms with E-state index in [9.17, 15) is 18.8 Å². The van der Waals surface area contributed by atoms with Crippen LogP contribution in [0.5, 0.6) is 0 Å². The molecule has 0 aromatic heterocycles. The quantitative estimate of drug-likeness (QED) is 0.521. The van der Waals surface area contributed by atoms with Crippen molar-refractivity contribution < 1.29 is 18.8 Å². The third-order valence-electron chi connectivity index (χ3n) is 6.31. The fourth-order valence-electron chi connectivity index (χ4n) is 4.55. The van der Waals surface area contributed by atoms with Gasteiger partial charge in [-0.3, -0.25) is 14.4 Å². The fourth-order valence-corrected chi connectivity index (χ4v) is 4.55. The SMILES string of the molecule is Cc1cc(C)cc(C(=O)N2CCCC(C(=O)NCc3cccc(NC(=O)c4ccc(F)cc4)c3)C2)c1. The zero-order valence-corrected chi connectivity index (χ0v) is 20.5. The average molecular weight is 488 g/mol. The molecule has 36 heavy (non-hydrogen) atoms. The number of amides is 3. The van der Waals surface area contributed by atoms with Gasteiger partial charge in [0.05, 0.1) is 5.92 Å². The van der Waals surface area contributed by atoms with Crippen LogP contribution < -0.4 is 10.6 Å². The summed E-state index contributed by atoms with van der Waals surface area (Å²) < 4.78 is 13.1. The van der Waals surface area contributed by atoms with Gasteiger partial charge in [-0.25, -0.2) is 4.39 Å². The number of benzene rings is 3. The second kappa shape index (κ2) is 11.2. The largest absolute Gasteiger partial charge is 0.352 e. The van der Waals surface area contributed by atoms with Crippen molar-refractivity contribution >= 4 is 23.4 Å². The number of likely N-dealkylation sites (tertiary alicyclic amines) is 1. The predicted octanol–water partition coefficient (Wildman–Crippen LogP) is 4.86. The predicted molar refractivity (Wildman–Crippen MR) is 137 cm³/mol. The van der Waals surface area contributed by atoms with Crippen LogP contribution in [-0.2, 0) is 11.3 Å². The first kappa shape index (κ1) is 25.1. The molecular formula is C29H30FN3O3. The summed E-state index contributed by atoms with van der Waals surface area (Å²) in [4.78, 5) is 40.1. The van der Waals surface area contributed by atoms with Crippen molar-refractivity contribution in [3.8, 4) is 0 Å². The Balaban J connectivity index is 1.33. The van der Waals surface area contributed by atoms with Crippen molar-refractivity contribution in [2.75, 3.05) is 18.4 Å². The molecule has 0 saturated carbocycles. The van der Waals surface area contributed by atoms with Gasteiger partial charge in [-0.2, -0.15) is 0 Å². The molecule has 1 aliphatic rings. The number of nitrogens with zero attached hydrogens (tertiary/aromatic N) is 1. The number of rotatable bonds is 6. The van der Waals surface area contributed by atoms with Gasteiger partial charge in [-0.1, -0.05) is 29.3 Å². The highest BCUT2D eigenvalue weighted by Gasteiger charge is 2.29. The lowest BCUT2D eigenvalue weighted by Gasteiger charge is -2.32. The van der Waals surface area contributed by atoms with Crippen LogP contribution in [0.1, 0.15) is 50.2 Å². The van der Waals surface area contributed by atoms with E-state index in [4.69, 9.17) is 0 Å². The summed E-state index contributed by atoms with van der Waals surface area (Å²) in [5.74, 6) is -1.14. The molecular weight excluding hydrogens is 457 g/mol. The topological polar surface area (TPSA) is 78.5 Å². The van der Waals surface area contributed by atoms with Gasteiger partial charge in [-0.15, -0.1) is 0 Å². The van der Waals surface area contributed by atoms with Crippen LogP contribution in [0.15, 0.2) is 66.7 Å². The Morgan fingerprint density at radius 1 is 0.944 bits per heavy atom. The Bertz CT molecular complexity index is 1250. The molecule has 0 radical (unpaired) electrons. The van der Waals surface area contributed by atoms with Gasteiger partial charge in [-0.05, 0) is 80.8 Å². The minimum absolute atomic E-state index is 0.0381. The molecule has 1 saturated heterocycles. The van der Waals surface area contributed by atoms with E-state index < -0.39 is 5.82 Å². The van der Waals surface area contributed by atoms with Crippen LogP contribution in [-0.4, -0.2) is 35.7 Å². The summed E-state index contributed by atoms with van der Waals surface area (Å²) in [5, 5.41) is 5.77. The lowest BCUT2D eigenvalue weighted by molar-refractivity contribution is -0.126. The van der Waals surface area contributed by atoms with Crippen molar-refractivity contribution in [1.82, 2.24) is 10.2 Å². The Hall–Kier alpha value is -4.00. The van der Waals surface area contributed by atoms with E-state index in [1.54, 1.807) is 23.1 Å². The number of nitrogens with one attached hydrogen (secondary N) is 2. The first-order chi connectivity index (χ1) is 17.3. The van der Waals surface area contributed by atoms with Crippen LogP contribution in [0.2, 0.25) is 0 Å². The zero-order valence-electron chi connectivity index (χ0n) is 20.5. The van der Waals surface area contributed by atoms with Crippen molar-refractivity contribution in [3.63, 3.8) is 0 Å². The molecule has 0 spiro atoms. The number of halogens is 1. The molecule has 1 unspecified atom stereocenters. The van der Waals surface area contributed by atoms with Crippen LogP contribution in [0.25, 0.3) is 0 Å². The van der Waals surface area contributed by atoms with Gasteiger partial charge >= 0.3 is 0 Å². The monoisotopic (exact) mass is 487 g/mol.